The summed E-state index contributed by atoms with van der Waals surface area (Å²) in [5.74, 6) is 0. The molecule has 6 nitrogen and oxygen atoms in total. The Balaban J connectivity index is 1.44. The molecule has 3 rings (SSSR count). The van der Waals surface area contributed by atoms with Crippen LogP contribution in [0.3, 0.4) is 0 Å². The largest absolute Gasteiger partial charge is 0.338 e. The van der Waals surface area contributed by atoms with Gasteiger partial charge >= 0.3 is 6.03 Å². The number of nitrogens with one attached hydrogen (secondary N) is 1. The summed E-state index contributed by atoms with van der Waals surface area (Å²) in [5, 5.41) is 16.4. The van der Waals surface area contributed by atoms with E-state index in [1.807, 2.05) is 54.1 Å². The number of carbonyl (C=O) groups excluding carboxylic acids is 1. The average Bonchev–Trinajstić information content (AvgIpc) is 3.12. The number of amides is 2. The van der Waals surface area contributed by atoms with Crippen LogP contribution in [0.1, 0.15) is 28.8 Å². The van der Waals surface area contributed by atoms with Gasteiger partial charge in [-0.05, 0) is 55.2 Å². The van der Waals surface area contributed by atoms with Crippen LogP contribution in [0.2, 0.25) is 0 Å². The molecule has 0 saturated heterocycles. The molecule has 0 atom stereocenters. The summed E-state index contributed by atoms with van der Waals surface area (Å²) in [7, 11) is 1.77. The fourth-order valence-corrected chi connectivity index (χ4v) is 3.09. The molecular formula is C23H25N5O. The first kappa shape index (κ1) is 20.2. The molecule has 29 heavy (non-hydrogen) atoms. The number of rotatable bonds is 7. The highest BCUT2D eigenvalue weighted by atomic mass is 16.2. The van der Waals surface area contributed by atoms with E-state index in [-0.39, 0.29) is 6.03 Å². The summed E-state index contributed by atoms with van der Waals surface area (Å²) in [5.41, 5.74) is 4.85. The van der Waals surface area contributed by atoms with Crippen molar-refractivity contribution in [2.24, 2.45) is 0 Å². The van der Waals surface area contributed by atoms with Crippen molar-refractivity contribution in [2.45, 2.75) is 26.3 Å². The molecule has 0 aliphatic heterocycles. The second-order valence-electron chi connectivity index (χ2n) is 7.02. The number of aryl methyl sites for hydroxylation is 2. The normalized spacial score (nSPS) is 10.4. The second kappa shape index (κ2) is 9.56. The molecule has 6 heteroatoms. The van der Waals surface area contributed by atoms with Crippen molar-refractivity contribution in [3.63, 3.8) is 0 Å². The maximum Gasteiger partial charge on any atom is 0.317 e. The Labute approximate surface area is 171 Å². The van der Waals surface area contributed by atoms with Crippen LogP contribution >= 0.6 is 0 Å². The number of nitriles is 1. The Hall–Kier alpha value is -3.59. The van der Waals surface area contributed by atoms with Crippen LogP contribution in [0.4, 0.5) is 4.79 Å². The van der Waals surface area contributed by atoms with Crippen LogP contribution < -0.4 is 5.32 Å². The Morgan fingerprint density at radius 1 is 1.17 bits per heavy atom. The molecule has 148 valence electrons. The van der Waals surface area contributed by atoms with Gasteiger partial charge in [0.15, 0.2) is 0 Å². The van der Waals surface area contributed by atoms with Crippen LogP contribution in [0.5, 0.6) is 0 Å². The first-order valence-corrected chi connectivity index (χ1v) is 9.65. The van der Waals surface area contributed by atoms with E-state index in [9.17, 15) is 4.79 Å². The molecule has 0 aliphatic carbocycles. The van der Waals surface area contributed by atoms with E-state index < -0.39 is 0 Å². The molecule has 0 spiro atoms. The van der Waals surface area contributed by atoms with Gasteiger partial charge < -0.3 is 10.2 Å². The second-order valence-corrected chi connectivity index (χ2v) is 7.02. The lowest BCUT2D eigenvalue weighted by atomic mass is 10.1. The number of benzene rings is 2. The number of hydrogen-bond acceptors (Lipinski definition) is 3. The van der Waals surface area contributed by atoms with Crippen molar-refractivity contribution in [1.29, 1.82) is 5.26 Å². The number of aromatic nitrogens is 2. The summed E-state index contributed by atoms with van der Waals surface area (Å²) in [6, 6.07) is 19.3. The van der Waals surface area contributed by atoms with Gasteiger partial charge in [0.05, 0.1) is 23.0 Å². The Bertz CT molecular complexity index is 986. The Morgan fingerprint density at radius 3 is 2.59 bits per heavy atom. The van der Waals surface area contributed by atoms with Gasteiger partial charge in [0.2, 0.25) is 0 Å². The lowest BCUT2D eigenvalue weighted by molar-refractivity contribution is 0.207. The van der Waals surface area contributed by atoms with Gasteiger partial charge in [-0.15, -0.1) is 0 Å². The van der Waals surface area contributed by atoms with Crippen LogP contribution in [0.25, 0.3) is 5.69 Å². The summed E-state index contributed by atoms with van der Waals surface area (Å²) in [6.45, 7) is 3.12. The van der Waals surface area contributed by atoms with Crippen molar-refractivity contribution >= 4 is 6.03 Å². The third kappa shape index (κ3) is 5.45. The van der Waals surface area contributed by atoms with Crippen molar-refractivity contribution in [1.82, 2.24) is 20.0 Å². The fraction of sp³-hybridized carbons (Fsp3) is 0.261. The van der Waals surface area contributed by atoms with Gasteiger partial charge in [0, 0.05) is 26.3 Å². The SMILES string of the molecule is Cc1nn(-c2ccccc2)cc1CCCNC(=O)N(C)Cc1ccc(C#N)cc1. The summed E-state index contributed by atoms with van der Waals surface area (Å²) in [4.78, 5) is 13.9. The van der Waals surface area contributed by atoms with Crippen LogP contribution in [-0.2, 0) is 13.0 Å². The summed E-state index contributed by atoms with van der Waals surface area (Å²) >= 11 is 0. The first-order chi connectivity index (χ1) is 14.1. The van der Waals surface area contributed by atoms with E-state index in [1.165, 1.54) is 5.56 Å². The smallest absolute Gasteiger partial charge is 0.317 e. The van der Waals surface area contributed by atoms with Crippen molar-refractivity contribution in [2.75, 3.05) is 13.6 Å². The lowest BCUT2D eigenvalue weighted by Gasteiger charge is -2.18. The first-order valence-electron chi connectivity index (χ1n) is 9.65. The minimum atomic E-state index is -0.105. The van der Waals surface area contributed by atoms with Gasteiger partial charge in [-0.3, -0.25) is 0 Å². The van der Waals surface area contributed by atoms with Crippen molar-refractivity contribution < 1.29 is 4.79 Å². The van der Waals surface area contributed by atoms with Crippen molar-refractivity contribution in [3.05, 3.63) is 83.2 Å². The van der Waals surface area contributed by atoms with Crippen molar-refractivity contribution in [3.8, 4) is 11.8 Å². The van der Waals surface area contributed by atoms with Crippen LogP contribution in [0, 0.1) is 18.3 Å². The molecule has 0 fully saturated rings. The maximum atomic E-state index is 12.3. The molecule has 0 aliphatic rings. The van der Waals surface area contributed by atoms with E-state index >= 15 is 0 Å². The third-order valence-corrected chi connectivity index (χ3v) is 4.77. The molecule has 0 unspecified atom stereocenters. The number of hydrogen-bond donors (Lipinski definition) is 1. The monoisotopic (exact) mass is 387 g/mol. The van der Waals surface area contributed by atoms with E-state index in [1.54, 1.807) is 24.1 Å². The topological polar surface area (TPSA) is 74.0 Å². The summed E-state index contributed by atoms with van der Waals surface area (Å²) < 4.78 is 1.90. The standard InChI is InChI=1S/C23H25N5O/c1-18-21(17-28(26-18)22-8-4-3-5-9-22)7-6-14-25-23(29)27(2)16-20-12-10-19(15-24)11-13-20/h3-5,8-13,17H,6-7,14,16H2,1-2H3,(H,25,29). The van der Waals surface area contributed by atoms with Gasteiger partial charge in [0.1, 0.15) is 0 Å². The molecule has 2 amide bonds. The van der Waals surface area contributed by atoms with Gasteiger partial charge in [-0.25, -0.2) is 9.48 Å². The zero-order chi connectivity index (χ0) is 20.6. The van der Waals surface area contributed by atoms with E-state index in [0.29, 0.717) is 18.7 Å². The predicted molar refractivity (Wildman–Crippen MR) is 113 cm³/mol. The quantitative estimate of drug-likeness (QED) is 0.626. The van der Waals surface area contributed by atoms with E-state index in [2.05, 4.69) is 22.7 Å². The third-order valence-electron chi connectivity index (χ3n) is 4.77. The van der Waals surface area contributed by atoms with Gasteiger partial charge in [-0.1, -0.05) is 30.3 Å². The minimum absolute atomic E-state index is 0.105. The highest BCUT2D eigenvalue weighted by Crippen LogP contribution is 2.13. The minimum Gasteiger partial charge on any atom is -0.338 e. The summed E-state index contributed by atoms with van der Waals surface area (Å²) in [6.07, 6.45) is 3.76. The van der Waals surface area contributed by atoms with Crippen LogP contribution in [-0.4, -0.2) is 34.3 Å². The van der Waals surface area contributed by atoms with E-state index in [4.69, 9.17) is 5.26 Å². The number of para-hydroxylation sites is 1. The lowest BCUT2D eigenvalue weighted by Crippen LogP contribution is -2.37. The molecule has 3 aromatic rings. The molecule has 0 bridgehead atoms. The number of nitrogens with zero attached hydrogens (tertiary/aromatic N) is 4. The maximum absolute atomic E-state index is 12.3. The van der Waals surface area contributed by atoms with Crippen LogP contribution in [0.15, 0.2) is 60.8 Å². The number of urea groups is 1. The molecular weight excluding hydrogens is 362 g/mol. The molecule has 2 aromatic carbocycles. The molecule has 1 N–H and O–H groups in total. The Kier molecular flexibility index (Phi) is 6.64. The Morgan fingerprint density at radius 2 is 1.90 bits per heavy atom. The predicted octanol–water partition coefficient (Wildman–Crippen LogP) is 3.83. The average molecular weight is 387 g/mol. The molecule has 1 aromatic heterocycles. The van der Waals surface area contributed by atoms with E-state index in [0.717, 1.165) is 29.8 Å². The number of carbonyl (C=O) groups is 1. The van der Waals surface area contributed by atoms with Gasteiger partial charge in [0.25, 0.3) is 0 Å². The molecule has 0 radical (unpaired) electrons. The zero-order valence-corrected chi connectivity index (χ0v) is 16.8. The van der Waals surface area contributed by atoms with Gasteiger partial charge in [-0.2, -0.15) is 10.4 Å². The molecule has 1 heterocycles. The molecule has 0 saturated carbocycles. The fourth-order valence-electron chi connectivity index (χ4n) is 3.09. The highest BCUT2D eigenvalue weighted by molar-refractivity contribution is 5.73. The highest BCUT2D eigenvalue weighted by Gasteiger charge is 2.10. The zero-order valence-electron chi connectivity index (χ0n) is 16.8.